The maximum atomic E-state index is 11.6. The second-order valence-corrected chi connectivity index (χ2v) is 2.40. The second-order valence-electron chi connectivity index (χ2n) is 1.59. The van der Waals surface area contributed by atoms with Crippen molar-refractivity contribution in [2.45, 2.75) is 6.54 Å². The Morgan fingerprint density at radius 1 is 1.78 bits per heavy atom. The largest absolute Gasteiger partial charge is 0.269 e. The standard InChI is InChI=1S/C5H6BrFN2/c6-5-1-3-9(8-5)4-2-7/h1,3H,2,4H2. The lowest BCUT2D eigenvalue weighted by Crippen LogP contribution is -1.98. The summed E-state index contributed by atoms with van der Waals surface area (Å²) in [6.45, 7) is -0.0281. The molecule has 0 amide bonds. The third-order valence-corrected chi connectivity index (χ3v) is 1.34. The Morgan fingerprint density at radius 2 is 2.56 bits per heavy atom. The van der Waals surface area contributed by atoms with Crippen LogP contribution in [0.15, 0.2) is 16.9 Å². The first kappa shape index (κ1) is 6.74. The number of alkyl halides is 1. The maximum Gasteiger partial charge on any atom is 0.128 e. The average molecular weight is 193 g/mol. The molecule has 2 nitrogen and oxygen atoms in total. The van der Waals surface area contributed by atoms with Gasteiger partial charge in [-0.05, 0) is 22.0 Å². The lowest BCUT2D eigenvalue weighted by Gasteiger charge is -1.91. The van der Waals surface area contributed by atoms with Gasteiger partial charge in [-0.1, -0.05) is 0 Å². The van der Waals surface area contributed by atoms with Gasteiger partial charge in [-0.15, -0.1) is 0 Å². The van der Waals surface area contributed by atoms with Crippen LogP contribution in [0.2, 0.25) is 0 Å². The fourth-order valence-electron chi connectivity index (χ4n) is 0.548. The number of hydrogen-bond donors (Lipinski definition) is 0. The molecular formula is C5H6BrFN2. The topological polar surface area (TPSA) is 17.8 Å². The van der Waals surface area contributed by atoms with Crippen molar-refractivity contribution < 1.29 is 4.39 Å². The first-order chi connectivity index (χ1) is 4.33. The normalized spacial score (nSPS) is 10.0. The number of aromatic nitrogens is 2. The SMILES string of the molecule is FCCn1ccc(Br)n1. The molecule has 0 saturated carbocycles. The summed E-state index contributed by atoms with van der Waals surface area (Å²) >= 11 is 3.15. The summed E-state index contributed by atoms with van der Waals surface area (Å²) in [6, 6.07) is 1.77. The molecule has 1 heterocycles. The molecule has 50 valence electrons. The second kappa shape index (κ2) is 2.96. The van der Waals surface area contributed by atoms with E-state index in [9.17, 15) is 4.39 Å². The van der Waals surface area contributed by atoms with Crippen LogP contribution in [0.4, 0.5) is 4.39 Å². The van der Waals surface area contributed by atoms with Gasteiger partial charge in [0.2, 0.25) is 0 Å². The van der Waals surface area contributed by atoms with Crippen molar-refractivity contribution in [3.63, 3.8) is 0 Å². The first-order valence-electron chi connectivity index (χ1n) is 2.58. The quantitative estimate of drug-likeness (QED) is 0.697. The van der Waals surface area contributed by atoms with Gasteiger partial charge in [-0.3, -0.25) is 4.68 Å². The zero-order chi connectivity index (χ0) is 6.69. The third-order valence-electron chi connectivity index (χ3n) is 0.922. The molecule has 0 aromatic carbocycles. The van der Waals surface area contributed by atoms with E-state index in [0.717, 1.165) is 4.60 Å². The van der Waals surface area contributed by atoms with E-state index < -0.39 is 0 Å². The van der Waals surface area contributed by atoms with Crippen molar-refractivity contribution in [1.82, 2.24) is 9.78 Å². The van der Waals surface area contributed by atoms with Crippen LogP contribution >= 0.6 is 15.9 Å². The van der Waals surface area contributed by atoms with Gasteiger partial charge in [0.25, 0.3) is 0 Å². The molecule has 0 unspecified atom stereocenters. The molecule has 0 fully saturated rings. The number of halogens is 2. The van der Waals surface area contributed by atoms with Gasteiger partial charge < -0.3 is 0 Å². The summed E-state index contributed by atoms with van der Waals surface area (Å²) < 4.78 is 13.9. The monoisotopic (exact) mass is 192 g/mol. The number of nitrogens with zero attached hydrogens (tertiary/aromatic N) is 2. The molecule has 0 radical (unpaired) electrons. The number of rotatable bonds is 2. The molecule has 9 heavy (non-hydrogen) atoms. The lowest BCUT2D eigenvalue weighted by atomic mass is 10.7. The first-order valence-corrected chi connectivity index (χ1v) is 3.37. The summed E-state index contributed by atoms with van der Waals surface area (Å²) in [7, 11) is 0. The fourth-order valence-corrected chi connectivity index (χ4v) is 0.870. The molecule has 0 aliphatic heterocycles. The Labute approximate surface area is 60.8 Å². The van der Waals surface area contributed by atoms with Crippen LogP contribution in [0.25, 0.3) is 0 Å². The van der Waals surface area contributed by atoms with E-state index in [1.807, 2.05) is 0 Å². The molecule has 1 aromatic rings. The minimum absolute atomic E-state index is 0.339. The van der Waals surface area contributed by atoms with E-state index in [4.69, 9.17) is 0 Å². The molecule has 0 N–H and O–H groups in total. The Bertz CT molecular complexity index is 187. The molecule has 1 rings (SSSR count). The predicted octanol–water partition coefficient (Wildman–Crippen LogP) is 1.62. The van der Waals surface area contributed by atoms with Gasteiger partial charge in [-0.25, -0.2) is 4.39 Å². The summed E-state index contributed by atoms with van der Waals surface area (Å²) in [5.74, 6) is 0. The highest BCUT2D eigenvalue weighted by Crippen LogP contribution is 2.03. The Hall–Kier alpha value is -0.380. The van der Waals surface area contributed by atoms with Gasteiger partial charge in [0.1, 0.15) is 11.3 Å². The van der Waals surface area contributed by atoms with Crippen LogP contribution in [0.1, 0.15) is 0 Å². The van der Waals surface area contributed by atoms with Crippen molar-refractivity contribution in [2.24, 2.45) is 0 Å². The Kier molecular flexibility index (Phi) is 2.22. The number of hydrogen-bond acceptors (Lipinski definition) is 1. The highest BCUT2D eigenvalue weighted by Gasteiger charge is 1.91. The highest BCUT2D eigenvalue weighted by molar-refractivity contribution is 9.10. The van der Waals surface area contributed by atoms with Crippen LogP contribution < -0.4 is 0 Å². The van der Waals surface area contributed by atoms with Crippen molar-refractivity contribution in [2.75, 3.05) is 6.67 Å². The van der Waals surface area contributed by atoms with Crippen molar-refractivity contribution >= 4 is 15.9 Å². The number of aryl methyl sites for hydroxylation is 1. The summed E-state index contributed by atoms with van der Waals surface area (Å²) in [6.07, 6.45) is 1.73. The molecule has 0 spiro atoms. The van der Waals surface area contributed by atoms with Crippen molar-refractivity contribution in [3.05, 3.63) is 16.9 Å². The van der Waals surface area contributed by atoms with E-state index >= 15 is 0 Å². The minimum atomic E-state index is -0.367. The molecule has 0 bridgehead atoms. The van der Waals surface area contributed by atoms with E-state index in [2.05, 4.69) is 21.0 Å². The van der Waals surface area contributed by atoms with Crippen molar-refractivity contribution in [3.8, 4) is 0 Å². The van der Waals surface area contributed by atoms with E-state index in [0.29, 0.717) is 6.54 Å². The van der Waals surface area contributed by atoms with E-state index in [1.165, 1.54) is 0 Å². The van der Waals surface area contributed by atoms with Crippen LogP contribution in [-0.4, -0.2) is 16.5 Å². The van der Waals surface area contributed by atoms with Crippen LogP contribution in [0, 0.1) is 0 Å². The molecule has 0 aliphatic carbocycles. The van der Waals surface area contributed by atoms with E-state index in [-0.39, 0.29) is 6.67 Å². The van der Waals surface area contributed by atoms with Gasteiger partial charge in [0.15, 0.2) is 0 Å². The van der Waals surface area contributed by atoms with Crippen molar-refractivity contribution in [1.29, 1.82) is 0 Å². The predicted molar refractivity (Wildman–Crippen MR) is 35.9 cm³/mol. The zero-order valence-corrected chi connectivity index (χ0v) is 6.31. The van der Waals surface area contributed by atoms with Crippen LogP contribution in [0.3, 0.4) is 0 Å². The molecule has 0 atom stereocenters. The summed E-state index contributed by atoms with van der Waals surface area (Å²) in [5.41, 5.74) is 0. The van der Waals surface area contributed by atoms with E-state index in [1.54, 1.807) is 16.9 Å². The van der Waals surface area contributed by atoms with Gasteiger partial charge in [0.05, 0.1) is 6.54 Å². The lowest BCUT2D eigenvalue weighted by molar-refractivity contribution is 0.426. The zero-order valence-electron chi connectivity index (χ0n) is 4.72. The summed E-state index contributed by atoms with van der Waals surface area (Å²) in [5, 5.41) is 3.89. The van der Waals surface area contributed by atoms with Crippen LogP contribution in [-0.2, 0) is 6.54 Å². The maximum absolute atomic E-state index is 11.6. The molecule has 0 aliphatic rings. The summed E-state index contributed by atoms with van der Waals surface area (Å²) in [4.78, 5) is 0. The minimum Gasteiger partial charge on any atom is -0.269 e. The average Bonchev–Trinajstić information content (AvgIpc) is 2.17. The molecular weight excluding hydrogens is 187 g/mol. The fraction of sp³-hybridized carbons (Fsp3) is 0.400. The van der Waals surface area contributed by atoms with Gasteiger partial charge in [-0.2, -0.15) is 5.10 Å². The highest BCUT2D eigenvalue weighted by atomic mass is 79.9. The molecule has 0 saturated heterocycles. The molecule has 4 heteroatoms. The smallest absolute Gasteiger partial charge is 0.128 e. The van der Waals surface area contributed by atoms with Crippen LogP contribution in [0.5, 0.6) is 0 Å². The molecule has 1 aromatic heterocycles. The van der Waals surface area contributed by atoms with Gasteiger partial charge in [0, 0.05) is 6.20 Å². The Morgan fingerprint density at radius 3 is 3.00 bits per heavy atom. The Balaban J connectivity index is 2.61. The third kappa shape index (κ3) is 1.78. The van der Waals surface area contributed by atoms with Gasteiger partial charge >= 0.3 is 0 Å².